The summed E-state index contributed by atoms with van der Waals surface area (Å²) in [5.74, 6) is 0.0784. The highest BCUT2D eigenvalue weighted by Gasteiger charge is 2.23. The van der Waals surface area contributed by atoms with Crippen molar-refractivity contribution in [2.24, 2.45) is 7.05 Å². The first-order chi connectivity index (χ1) is 18.4. The molecule has 3 aromatic heterocycles. The maximum atomic E-state index is 12.8. The Kier molecular flexibility index (Phi) is 7.41. The van der Waals surface area contributed by atoms with Gasteiger partial charge in [0.1, 0.15) is 11.2 Å². The van der Waals surface area contributed by atoms with E-state index in [1.807, 2.05) is 29.8 Å². The Morgan fingerprint density at radius 2 is 1.89 bits per heavy atom. The van der Waals surface area contributed by atoms with E-state index >= 15 is 0 Å². The van der Waals surface area contributed by atoms with Gasteiger partial charge in [-0.2, -0.15) is 0 Å². The Labute approximate surface area is 225 Å². The number of imidazole rings is 1. The topological polar surface area (TPSA) is 113 Å². The van der Waals surface area contributed by atoms with E-state index in [2.05, 4.69) is 42.4 Å². The fourth-order valence-corrected chi connectivity index (χ4v) is 4.72. The van der Waals surface area contributed by atoms with Crippen LogP contribution in [-0.2, 0) is 18.3 Å². The number of ether oxygens (including phenoxy) is 1. The van der Waals surface area contributed by atoms with E-state index in [1.54, 1.807) is 25.8 Å². The monoisotopic (exact) mass is 535 g/mol. The van der Waals surface area contributed by atoms with Crippen molar-refractivity contribution in [1.82, 2.24) is 34.3 Å². The van der Waals surface area contributed by atoms with E-state index < -0.39 is 5.97 Å². The highest BCUT2D eigenvalue weighted by molar-refractivity contribution is 6.31. The first kappa shape index (κ1) is 25.8. The number of carbonyl (C=O) groups is 1. The van der Waals surface area contributed by atoms with Gasteiger partial charge in [-0.1, -0.05) is 17.7 Å². The van der Waals surface area contributed by atoms with E-state index in [9.17, 15) is 4.79 Å². The Morgan fingerprint density at radius 1 is 1.11 bits per heavy atom. The second-order valence-electron chi connectivity index (χ2n) is 9.28. The molecule has 11 nitrogen and oxygen atoms in total. The summed E-state index contributed by atoms with van der Waals surface area (Å²) in [4.78, 5) is 35.7. The number of piperazine rings is 1. The first-order valence-corrected chi connectivity index (χ1v) is 12.7. The van der Waals surface area contributed by atoms with Crippen molar-refractivity contribution in [2.45, 2.75) is 6.54 Å². The van der Waals surface area contributed by atoms with Crippen molar-refractivity contribution in [3.63, 3.8) is 0 Å². The van der Waals surface area contributed by atoms with Gasteiger partial charge < -0.3 is 24.8 Å². The average molecular weight is 536 g/mol. The second kappa shape index (κ2) is 10.9. The number of carbonyl (C=O) groups excluding carboxylic acids is 1. The van der Waals surface area contributed by atoms with Crippen LogP contribution < -0.4 is 10.6 Å². The van der Waals surface area contributed by atoms with Crippen LogP contribution in [0.25, 0.3) is 22.3 Å². The van der Waals surface area contributed by atoms with E-state index in [0.29, 0.717) is 33.3 Å². The number of nitrogens with zero attached hydrogens (tertiary/aromatic N) is 7. The molecule has 1 fully saturated rings. The summed E-state index contributed by atoms with van der Waals surface area (Å²) in [5.41, 5.74) is 4.38. The first-order valence-electron chi connectivity index (χ1n) is 12.3. The number of anilines is 3. The van der Waals surface area contributed by atoms with Crippen LogP contribution in [0.5, 0.6) is 0 Å². The van der Waals surface area contributed by atoms with Crippen molar-refractivity contribution < 1.29 is 9.53 Å². The number of likely N-dealkylation sites (N-methyl/N-ethyl adjacent to an activating group) is 1. The highest BCUT2D eigenvalue weighted by Crippen LogP contribution is 2.33. The van der Waals surface area contributed by atoms with E-state index in [4.69, 9.17) is 21.3 Å². The van der Waals surface area contributed by atoms with E-state index in [0.717, 1.165) is 43.8 Å². The van der Waals surface area contributed by atoms with Gasteiger partial charge in [0, 0.05) is 63.7 Å². The molecule has 0 saturated carbocycles. The molecule has 0 radical (unpaired) electrons. The van der Waals surface area contributed by atoms with Gasteiger partial charge >= 0.3 is 5.97 Å². The van der Waals surface area contributed by atoms with E-state index in [1.165, 1.54) is 7.11 Å². The van der Waals surface area contributed by atoms with Crippen LogP contribution in [0.2, 0.25) is 5.02 Å². The number of hydrogen-bond donors (Lipinski definition) is 2. The summed E-state index contributed by atoms with van der Waals surface area (Å²) in [7, 11) is 7.08. The summed E-state index contributed by atoms with van der Waals surface area (Å²) in [6, 6.07) is 5.75. The normalized spacial score (nSPS) is 14.6. The Bertz CT molecular complexity index is 1480. The predicted octanol–water partition coefficient (Wildman–Crippen LogP) is 3.40. The van der Waals surface area contributed by atoms with Gasteiger partial charge in [-0.05, 0) is 24.7 Å². The molecule has 0 atom stereocenters. The Morgan fingerprint density at radius 3 is 2.61 bits per heavy atom. The second-order valence-corrected chi connectivity index (χ2v) is 9.69. The van der Waals surface area contributed by atoms with Gasteiger partial charge in [0.15, 0.2) is 17.3 Å². The molecule has 1 aromatic carbocycles. The Hall–Kier alpha value is -3.80. The van der Waals surface area contributed by atoms with Gasteiger partial charge in [0.25, 0.3) is 0 Å². The lowest BCUT2D eigenvalue weighted by atomic mass is 10.1. The molecule has 0 amide bonds. The number of nitrogens with one attached hydrogen (secondary N) is 2. The third-order valence-corrected chi connectivity index (χ3v) is 7.06. The van der Waals surface area contributed by atoms with Crippen LogP contribution in [0.4, 0.5) is 17.3 Å². The number of fused-ring (bicyclic) bond motifs is 1. The van der Waals surface area contributed by atoms with Gasteiger partial charge in [-0.25, -0.2) is 19.7 Å². The zero-order valence-electron chi connectivity index (χ0n) is 21.8. The van der Waals surface area contributed by atoms with Crippen LogP contribution in [0.3, 0.4) is 0 Å². The number of benzene rings is 1. The lowest BCUT2D eigenvalue weighted by Gasteiger charge is -2.32. The molecule has 2 N–H and O–H groups in total. The van der Waals surface area contributed by atoms with Crippen LogP contribution in [0.1, 0.15) is 16.1 Å². The molecule has 198 valence electrons. The predicted molar refractivity (Wildman–Crippen MR) is 148 cm³/mol. The summed E-state index contributed by atoms with van der Waals surface area (Å²) in [6.45, 7) is 4.88. The number of pyridine rings is 1. The third-order valence-electron chi connectivity index (χ3n) is 6.71. The fraction of sp³-hybridized carbons (Fsp3) is 0.346. The molecule has 12 heteroatoms. The molecule has 4 aromatic rings. The molecule has 1 aliphatic heterocycles. The minimum Gasteiger partial charge on any atom is -0.464 e. The SMILES string of the molecule is CNc1nc(Nc2ccc(CN3CCN(C)CC3)c(Cl)c2)c(C(=O)OC)nc1-c1cncc2c1ncn2C. The smallest absolute Gasteiger partial charge is 0.360 e. The summed E-state index contributed by atoms with van der Waals surface area (Å²) < 4.78 is 6.90. The van der Waals surface area contributed by atoms with Gasteiger partial charge in [0.05, 0.1) is 30.7 Å². The quantitative estimate of drug-likeness (QED) is 0.341. The van der Waals surface area contributed by atoms with Crippen molar-refractivity contribution >= 4 is 45.9 Å². The van der Waals surface area contributed by atoms with Crippen molar-refractivity contribution in [3.05, 3.63) is 53.2 Å². The lowest BCUT2D eigenvalue weighted by Crippen LogP contribution is -2.43. The zero-order chi connectivity index (χ0) is 26.8. The highest BCUT2D eigenvalue weighted by atomic mass is 35.5. The van der Waals surface area contributed by atoms with Gasteiger partial charge in [-0.15, -0.1) is 0 Å². The summed E-state index contributed by atoms with van der Waals surface area (Å²) in [6.07, 6.45) is 5.09. The van der Waals surface area contributed by atoms with Crippen LogP contribution in [0.15, 0.2) is 36.9 Å². The molecule has 0 spiro atoms. The maximum absolute atomic E-state index is 12.8. The van der Waals surface area contributed by atoms with Crippen LogP contribution in [-0.4, -0.2) is 87.7 Å². The molecule has 0 unspecified atom stereocenters. The molecular formula is C26H30ClN9O2. The minimum atomic E-state index is -0.622. The molecule has 0 aliphatic carbocycles. The van der Waals surface area contributed by atoms with Gasteiger partial charge in [0.2, 0.25) is 0 Å². The number of methoxy groups -OCH3 is 1. The summed E-state index contributed by atoms with van der Waals surface area (Å²) in [5, 5.41) is 6.93. The Balaban J connectivity index is 1.48. The van der Waals surface area contributed by atoms with Crippen molar-refractivity contribution in [1.29, 1.82) is 0 Å². The molecule has 1 saturated heterocycles. The largest absolute Gasteiger partial charge is 0.464 e. The molecule has 1 aliphatic rings. The third kappa shape index (κ3) is 5.13. The number of rotatable bonds is 7. The molecule has 38 heavy (non-hydrogen) atoms. The fourth-order valence-electron chi connectivity index (χ4n) is 4.48. The minimum absolute atomic E-state index is 0.0343. The summed E-state index contributed by atoms with van der Waals surface area (Å²) >= 11 is 6.66. The van der Waals surface area contributed by atoms with Crippen LogP contribution in [0, 0.1) is 0 Å². The van der Waals surface area contributed by atoms with Crippen molar-refractivity contribution in [2.75, 3.05) is 58.0 Å². The average Bonchev–Trinajstić information content (AvgIpc) is 3.31. The number of esters is 1. The van der Waals surface area contributed by atoms with Crippen LogP contribution >= 0.6 is 11.6 Å². The zero-order valence-corrected chi connectivity index (χ0v) is 22.6. The van der Waals surface area contributed by atoms with Crippen molar-refractivity contribution in [3.8, 4) is 11.3 Å². The lowest BCUT2D eigenvalue weighted by molar-refractivity contribution is 0.0595. The number of hydrogen-bond acceptors (Lipinski definition) is 10. The molecule has 0 bridgehead atoms. The van der Waals surface area contributed by atoms with E-state index in [-0.39, 0.29) is 11.5 Å². The molecular weight excluding hydrogens is 506 g/mol. The number of aromatic nitrogens is 5. The maximum Gasteiger partial charge on any atom is 0.360 e. The molecule has 4 heterocycles. The molecule has 5 rings (SSSR count). The number of aryl methyl sites for hydroxylation is 1. The number of halogens is 1. The standard InChI is InChI=1S/C26H30ClN9O2/c1-28-24-22(18-12-29-13-20-21(18)30-15-35(20)3)32-23(26(37)38-4)25(33-24)31-17-6-5-16(19(27)11-17)14-36-9-7-34(2)8-10-36/h5-6,11-13,15H,7-10,14H2,1-4H3,(H2,28,31,33). The van der Waals surface area contributed by atoms with Gasteiger partial charge in [-0.3, -0.25) is 9.88 Å².